The van der Waals surface area contributed by atoms with Crippen molar-refractivity contribution in [1.82, 2.24) is 4.98 Å². The fourth-order valence-electron chi connectivity index (χ4n) is 1.37. The van der Waals surface area contributed by atoms with E-state index in [4.69, 9.17) is 10.4 Å². The first-order valence-electron chi connectivity index (χ1n) is 3.96. The lowest BCUT2D eigenvalue weighted by atomic mass is 10.1. The van der Waals surface area contributed by atoms with Crippen LogP contribution in [0.5, 0.6) is 0 Å². The normalized spacial score (nSPS) is 9.62. The van der Waals surface area contributed by atoms with Gasteiger partial charge in [0, 0.05) is 0 Å². The van der Waals surface area contributed by atoms with E-state index < -0.39 is 5.97 Å². The van der Waals surface area contributed by atoms with E-state index in [9.17, 15) is 4.79 Å². The molecule has 0 saturated heterocycles. The first kappa shape index (κ1) is 9.33. The highest BCUT2D eigenvalue weighted by Crippen LogP contribution is 2.18. The van der Waals surface area contributed by atoms with Crippen molar-refractivity contribution < 1.29 is 9.90 Å². The summed E-state index contributed by atoms with van der Waals surface area (Å²) in [5, 5.41) is 17.4. The quantitative estimate of drug-likeness (QED) is 0.719. The van der Waals surface area contributed by atoms with Crippen LogP contribution in [0.25, 0.3) is 0 Å². The van der Waals surface area contributed by atoms with E-state index >= 15 is 0 Å². The van der Waals surface area contributed by atoms with Gasteiger partial charge in [-0.05, 0) is 24.5 Å². The standard InChI is InChI=1S/C9H10N2O2/c1-3-6-5(2)7(4-10)11-8(6)9(12)13/h11H,3H2,1-2H3,(H,12,13). The average molecular weight is 178 g/mol. The fraction of sp³-hybridized carbons (Fsp3) is 0.333. The third-order valence-corrected chi connectivity index (χ3v) is 2.06. The summed E-state index contributed by atoms with van der Waals surface area (Å²) >= 11 is 0. The second kappa shape index (κ2) is 3.31. The summed E-state index contributed by atoms with van der Waals surface area (Å²) in [7, 11) is 0. The van der Waals surface area contributed by atoms with Crippen molar-refractivity contribution in [2.75, 3.05) is 0 Å². The van der Waals surface area contributed by atoms with Gasteiger partial charge in [0.1, 0.15) is 17.5 Å². The van der Waals surface area contributed by atoms with Crippen LogP contribution < -0.4 is 0 Å². The van der Waals surface area contributed by atoms with Crippen LogP contribution in [-0.2, 0) is 6.42 Å². The molecule has 0 amide bonds. The average Bonchev–Trinajstić information content (AvgIpc) is 2.42. The first-order chi connectivity index (χ1) is 6.11. The molecule has 68 valence electrons. The van der Waals surface area contributed by atoms with Gasteiger partial charge in [0.2, 0.25) is 0 Å². The summed E-state index contributed by atoms with van der Waals surface area (Å²) in [6.07, 6.45) is 0.617. The molecular formula is C9H10N2O2. The zero-order chi connectivity index (χ0) is 10.0. The Morgan fingerprint density at radius 1 is 1.69 bits per heavy atom. The Morgan fingerprint density at radius 3 is 2.62 bits per heavy atom. The monoisotopic (exact) mass is 178 g/mol. The smallest absolute Gasteiger partial charge is 0.352 e. The summed E-state index contributed by atoms with van der Waals surface area (Å²) < 4.78 is 0. The molecule has 0 spiro atoms. The Kier molecular flexibility index (Phi) is 2.38. The van der Waals surface area contributed by atoms with Crippen LogP contribution in [0.3, 0.4) is 0 Å². The molecule has 0 bridgehead atoms. The van der Waals surface area contributed by atoms with Crippen molar-refractivity contribution in [2.24, 2.45) is 0 Å². The molecule has 0 saturated carbocycles. The van der Waals surface area contributed by atoms with Gasteiger partial charge in [-0.1, -0.05) is 6.92 Å². The van der Waals surface area contributed by atoms with E-state index in [1.807, 2.05) is 13.0 Å². The predicted molar refractivity (Wildman–Crippen MR) is 46.6 cm³/mol. The summed E-state index contributed by atoms with van der Waals surface area (Å²) in [4.78, 5) is 13.3. The molecule has 1 aromatic heterocycles. The number of nitrogens with one attached hydrogen (secondary N) is 1. The SMILES string of the molecule is CCc1c(C(=O)O)[nH]c(C#N)c1C. The van der Waals surface area contributed by atoms with Gasteiger partial charge in [-0.3, -0.25) is 0 Å². The van der Waals surface area contributed by atoms with Crippen LogP contribution in [-0.4, -0.2) is 16.1 Å². The van der Waals surface area contributed by atoms with Crippen molar-refractivity contribution in [3.05, 3.63) is 22.5 Å². The van der Waals surface area contributed by atoms with Gasteiger partial charge in [0.25, 0.3) is 0 Å². The fourth-order valence-corrected chi connectivity index (χ4v) is 1.37. The minimum atomic E-state index is -1.01. The Labute approximate surface area is 75.8 Å². The topological polar surface area (TPSA) is 76.9 Å². The molecule has 0 atom stereocenters. The number of H-pyrrole nitrogens is 1. The Morgan fingerprint density at radius 2 is 2.31 bits per heavy atom. The molecule has 4 nitrogen and oxygen atoms in total. The second-order valence-electron chi connectivity index (χ2n) is 2.75. The first-order valence-corrected chi connectivity index (χ1v) is 3.96. The molecule has 13 heavy (non-hydrogen) atoms. The van der Waals surface area contributed by atoms with Crippen LogP contribution in [0, 0.1) is 18.3 Å². The van der Waals surface area contributed by atoms with Crippen molar-refractivity contribution in [1.29, 1.82) is 5.26 Å². The highest BCUT2D eigenvalue weighted by molar-refractivity contribution is 5.88. The summed E-state index contributed by atoms with van der Waals surface area (Å²) in [5.74, 6) is -1.01. The van der Waals surface area contributed by atoms with Crippen LogP contribution >= 0.6 is 0 Å². The highest BCUT2D eigenvalue weighted by atomic mass is 16.4. The van der Waals surface area contributed by atoms with Crippen molar-refractivity contribution in [3.63, 3.8) is 0 Å². The number of aromatic amines is 1. The molecule has 1 rings (SSSR count). The predicted octanol–water partition coefficient (Wildman–Crippen LogP) is 1.46. The maximum absolute atomic E-state index is 10.7. The lowest BCUT2D eigenvalue weighted by Crippen LogP contribution is -2.00. The molecule has 1 aromatic rings. The van der Waals surface area contributed by atoms with Crippen LogP contribution in [0.4, 0.5) is 0 Å². The van der Waals surface area contributed by atoms with Gasteiger partial charge in [-0.15, -0.1) is 0 Å². The molecule has 0 aromatic carbocycles. The number of hydrogen-bond donors (Lipinski definition) is 2. The number of nitriles is 1. The number of nitrogens with zero attached hydrogens (tertiary/aromatic N) is 1. The van der Waals surface area contributed by atoms with E-state index in [0.29, 0.717) is 17.7 Å². The van der Waals surface area contributed by atoms with Crippen molar-refractivity contribution in [3.8, 4) is 6.07 Å². The van der Waals surface area contributed by atoms with Gasteiger partial charge in [0.05, 0.1) is 0 Å². The van der Waals surface area contributed by atoms with Gasteiger partial charge >= 0.3 is 5.97 Å². The molecular weight excluding hydrogens is 168 g/mol. The molecule has 4 heteroatoms. The van der Waals surface area contributed by atoms with Gasteiger partial charge < -0.3 is 10.1 Å². The van der Waals surface area contributed by atoms with Crippen LogP contribution in [0.2, 0.25) is 0 Å². The van der Waals surface area contributed by atoms with E-state index in [0.717, 1.165) is 5.56 Å². The third kappa shape index (κ3) is 1.41. The zero-order valence-electron chi connectivity index (χ0n) is 7.51. The lowest BCUT2D eigenvalue weighted by Gasteiger charge is -1.95. The van der Waals surface area contributed by atoms with Crippen LogP contribution in [0.15, 0.2) is 0 Å². The minimum Gasteiger partial charge on any atom is -0.477 e. The highest BCUT2D eigenvalue weighted by Gasteiger charge is 2.16. The van der Waals surface area contributed by atoms with Crippen molar-refractivity contribution in [2.45, 2.75) is 20.3 Å². The van der Waals surface area contributed by atoms with Crippen molar-refractivity contribution >= 4 is 5.97 Å². The Balaban J connectivity index is 3.38. The third-order valence-electron chi connectivity index (χ3n) is 2.06. The second-order valence-corrected chi connectivity index (χ2v) is 2.75. The maximum atomic E-state index is 10.7. The molecule has 0 aliphatic heterocycles. The molecule has 0 unspecified atom stereocenters. The van der Waals surface area contributed by atoms with E-state index in [2.05, 4.69) is 4.98 Å². The van der Waals surface area contributed by atoms with E-state index in [-0.39, 0.29) is 5.69 Å². The molecule has 1 heterocycles. The van der Waals surface area contributed by atoms with E-state index in [1.165, 1.54) is 0 Å². The molecule has 0 aliphatic rings. The lowest BCUT2D eigenvalue weighted by molar-refractivity contribution is 0.0690. The molecule has 0 radical (unpaired) electrons. The Hall–Kier alpha value is -1.76. The van der Waals surface area contributed by atoms with Gasteiger partial charge in [0.15, 0.2) is 0 Å². The number of hydrogen-bond acceptors (Lipinski definition) is 2. The summed E-state index contributed by atoms with van der Waals surface area (Å²) in [6, 6.07) is 1.93. The van der Waals surface area contributed by atoms with Gasteiger partial charge in [-0.2, -0.15) is 5.26 Å². The molecule has 2 N–H and O–H groups in total. The summed E-state index contributed by atoms with van der Waals surface area (Å²) in [5.41, 5.74) is 1.93. The number of carboxylic acids is 1. The largest absolute Gasteiger partial charge is 0.477 e. The minimum absolute atomic E-state index is 0.136. The number of carboxylic acid groups (broad SMARTS) is 1. The Bertz CT molecular complexity index is 385. The van der Waals surface area contributed by atoms with E-state index in [1.54, 1.807) is 6.92 Å². The summed E-state index contributed by atoms with van der Waals surface area (Å²) in [6.45, 7) is 3.62. The molecule has 0 fully saturated rings. The number of aromatic nitrogens is 1. The van der Waals surface area contributed by atoms with Gasteiger partial charge in [-0.25, -0.2) is 4.79 Å². The molecule has 0 aliphatic carbocycles. The number of carbonyl (C=O) groups is 1. The zero-order valence-corrected chi connectivity index (χ0v) is 7.51. The number of aromatic carboxylic acids is 1. The van der Waals surface area contributed by atoms with Crippen LogP contribution in [0.1, 0.15) is 34.2 Å². The number of rotatable bonds is 2. The maximum Gasteiger partial charge on any atom is 0.352 e.